The molecule has 2 fully saturated rings. The largest absolute Gasteiger partial charge is 0.494 e. The molecule has 0 saturated carbocycles. The number of ether oxygens (including phenoxy) is 1. The highest BCUT2D eigenvalue weighted by atomic mass is 16.5. The van der Waals surface area contributed by atoms with Crippen molar-refractivity contribution >= 4 is 29.6 Å². The second-order valence-corrected chi connectivity index (χ2v) is 8.46. The number of hydrogen-bond acceptors (Lipinski definition) is 7. The van der Waals surface area contributed by atoms with E-state index in [0.29, 0.717) is 5.56 Å². The summed E-state index contributed by atoms with van der Waals surface area (Å²) in [6.07, 6.45) is -0.792. The molecule has 35 heavy (non-hydrogen) atoms. The molecule has 2 atom stereocenters. The summed E-state index contributed by atoms with van der Waals surface area (Å²) in [5.41, 5.74) is -0.229. The number of anilines is 1. The number of rotatable bonds is 4. The molecule has 11 nitrogen and oxygen atoms in total. The minimum Gasteiger partial charge on any atom is -0.494 e. The number of urea groups is 1. The number of aromatic nitrogens is 1. The van der Waals surface area contributed by atoms with Gasteiger partial charge in [-0.3, -0.25) is 24.6 Å². The number of carbonyl (C=O) groups excluding carboxylic acids is 4. The van der Waals surface area contributed by atoms with E-state index in [0.717, 1.165) is 5.56 Å². The first-order valence-corrected chi connectivity index (χ1v) is 10.9. The Morgan fingerprint density at radius 3 is 2.66 bits per heavy atom. The number of benzene rings is 1. The summed E-state index contributed by atoms with van der Waals surface area (Å²) < 4.78 is 5.33. The number of hydrogen-bond donors (Lipinski definition) is 3. The quantitative estimate of drug-likeness (QED) is 0.410. The predicted molar refractivity (Wildman–Crippen MR) is 121 cm³/mol. The summed E-state index contributed by atoms with van der Waals surface area (Å²) in [6.45, 7) is 0.201. The Kier molecular flexibility index (Phi) is 5.37. The molecule has 0 spiro atoms. The molecule has 0 bridgehead atoms. The van der Waals surface area contributed by atoms with Crippen LogP contribution in [0.2, 0.25) is 0 Å². The van der Waals surface area contributed by atoms with E-state index in [9.17, 15) is 24.3 Å². The smallest absolute Gasteiger partial charge is 0.323 e. The second-order valence-electron chi connectivity index (χ2n) is 8.46. The number of pyridine rings is 1. The SMILES string of the molecule is COc1ccc(N2C[C@@H](O)CC2=O)nc1C#C[C@]1(CN2Cc3ccccc3C2=O)NC(=O)NC1=O. The number of nitrogens with one attached hydrogen (secondary N) is 2. The number of imide groups is 1. The molecule has 3 aliphatic heterocycles. The van der Waals surface area contributed by atoms with Gasteiger partial charge < -0.3 is 20.1 Å². The van der Waals surface area contributed by atoms with Crippen molar-refractivity contribution in [2.24, 2.45) is 0 Å². The van der Waals surface area contributed by atoms with Crippen molar-refractivity contribution in [2.45, 2.75) is 24.6 Å². The van der Waals surface area contributed by atoms with Crippen LogP contribution >= 0.6 is 0 Å². The van der Waals surface area contributed by atoms with Gasteiger partial charge >= 0.3 is 6.03 Å². The fraction of sp³-hybridized carbons (Fsp3) is 0.292. The number of fused-ring (bicyclic) bond motifs is 1. The average molecular weight is 475 g/mol. The Morgan fingerprint density at radius 2 is 2.00 bits per heavy atom. The van der Waals surface area contributed by atoms with Crippen LogP contribution in [0.1, 0.15) is 28.0 Å². The normalized spacial score (nSPS) is 23.1. The van der Waals surface area contributed by atoms with Crippen LogP contribution < -0.4 is 20.3 Å². The molecule has 1 aromatic carbocycles. The number of aliphatic hydroxyl groups is 1. The zero-order valence-corrected chi connectivity index (χ0v) is 18.7. The molecular formula is C24H21N5O6. The molecule has 0 unspecified atom stereocenters. The monoisotopic (exact) mass is 475 g/mol. The van der Waals surface area contributed by atoms with Crippen LogP contribution in [0.4, 0.5) is 10.6 Å². The van der Waals surface area contributed by atoms with E-state index in [1.807, 2.05) is 12.1 Å². The third-order valence-corrected chi connectivity index (χ3v) is 6.10. The number of amides is 5. The summed E-state index contributed by atoms with van der Waals surface area (Å²) in [5.74, 6) is 4.93. The van der Waals surface area contributed by atoms with E-state index in [1.54, 1.807) is 24.3 Å². The topological polar surface area (TPSA) is 141 Å². The van der Waals surface area contributed by atoms with Crippen LogP contribution in [0.25, 0.3) is 0 Å². The van der Waals surface area contributed by atoms with Gasteiger partial charge in [-0.05, 0) is 29.7 Å². The van der Waals surface area contributed by atoms with E-state index >= 15 is 0 Å². The summed E-state index contributed by atoms with van der Waals surface area (Å²) in [5, 5.41) is 14.5. The third-order valence-electron chi connectivity index (χ3n) is 6.10. The Bertz CT molecular complexity index is 1330. The lowest BCUT2D eigenvalue weighted by atomic mass is 9.99. The number of β-amino-alcohol motifs (C(OH)–C–C–N with tert-alkyl or cyclic N) is 1. The van der Waals surface area contributed by atoms with Gasteiger partial charge in [-0.15, -0.1) is 0 Å². The van der Waals surface area contributed by atoms with Crippen LogP contribution in [0.3, 0.4) is 0 Å². The summed E-state index contributed by atoms with van der Waals surface area (Å²) >= 11 is 0. The summed E-state index contributed by atoms with van der Waals surface area (Å²) in [6, 6.07) is 9.54. The van der Waals surface area contributed by atoms with Crippen molar-refractivity contribution < 1.29 is 29.0 Å². The van der Waals surface area contributed by atoms with Crippen molar-refractivity contribution in [3.63, 3.8) is 0 Å². The van der Waals surface area contributed by atoms with E-state index in [4.69, 9.17) is 4.74 Å². The van der Waals surface area contributed by atoms with Gasteiger partial charge in [0.1, 0.15) is 5.82 Å². The highest BCUT2D eigenvalue weighted by Crippen LogP contribution is 2.27. The Morgan fingerprint density at radius 1 is 1.20 bits per heavy atom. The maximum Gasteiger partial charge on any atom is 0.323 e. The minimum atomic E-state index is -1.71. The molecule has 0 radical (unpaired) electrons. The summed E-state index contributed by atoms with van der Waals surface area (Å²) in [7, 11) is 1.42. The molecule has 0 aliphatic carbocycles. The number of carbonyl (C=O) groups is 4. The van der Waals surface area contributed by atoms with E-state index < -0.39 is 23.6 Å². The first-order chi connectivity index (χ1) is 16.8. The summed E-state index contributed by atoms with van der Waals surface area (Å²) in [4.78, 5) is 57.1. The highest BCUT2D eigenvalue weighted by Gasteiger charge is 2.48. The molecule has 1 aromatic heterocycles. The number of aliphatic hydroxyl groups excluding tert-OH is 1. The van der Waals surface area contributed by atoms with Gasteiger partial charge in [0.05, 0.1) is 32.7 Å². The molecule has 11 heteroatoms. The van der Waals surface area contributed by atoms with Gasteiger partial charge in [-0.1, -0.05) is 24.1 Å². The molecule has 3 aliphatic rings. The van der Waals surface area contributed by atoms with Crippen LogP contribution in [-0.2, 0) is 16.1 Å². The molecular weight excluding hydrogens is 454 g/mol. The lowest BCUT2D eigenvalue weighted by Crippen LogP contribution is -2.54. The first kappa shape index (κ1) is 22.4. The van der Waals surface area contributed by atoms with Crippen LogP contribution in [-0.4, -0.2) is 70.6 Å². The number of methoxy groups -OCH3 is 1. The van der Waals surface area contributed by atoms with Crippen molar-refractivity contribution in [3.05, 3.63) is 53.2 Å². The van der Waals surface area contributed by atoms with Crippen molar-refractivity contribution in [2.75, 3.05) is 25.1 Å². The van der Waals surface area contributed by atoms with Gasteiger partial charge in [0, 0.05) is 12.1 Å². The van der Waals surface area contributed by atoms with E-state index in [-0.39, 0.29) is 55.1 Å². The third kappa shape index (κ3) is 3.94. The van der Waals surface area contributed by atoms with Gasteiger partial charge in [0.15, 0.2) is 11.4 Å². The molecule has 3 N–H and O–H groups in total. The molecule has 2 saturated heterocycles. The molecule has 4 heterocycles. The lowest BCUT2D eigenvalue weighted by Gasteiger charge is -2.26. The van der Waals surface area contributed by atoms with Crippen LogP contribution in [0.5, 0.6) is 5.75 Å². The van der Waals surface area contributed by atoms with Crippen LogP contribution in [0.15, 0.2) is 36.4 Å². The fourth-order valence-corrected chi connectivity index (χ4v) is 4.38. The predicted octanol–water partition coefficient (Wildman–Crippen LogP) is -0.226. The van der Waals surface area contributed by atoms with Crippen molar-refractivity contribution in [3.8, 4) is 17.6 Å². The Labute approximate surface area is 200 Å². The van der Waals surface area contributed by atoms with Gasteiger partial charge in [0.25, 0.3) is 11.8 Å². The zero-order chi connectivity index (χ0) is 24.7. The molecule has 178 valence electrons. The Hall–Kier alpha value is -4.43. The molecule has 2 aromatic rings. The van der Waals surface area contributed by atoms with Gasteiger partial charge in [0.2, 0.25) is 11.4 Å². The molecule has 5 rings (SSSR count). The Balaban J connectivity index is 1.49. The average Bonchev–Trinajstić information content (AvgIpc) is 3.44. The number of nitrogens with zero attached hydrogens (tertiary/aromatic N) is 3. The van der Waals surface area contributed by atoms with Crippen molar-refractivity contribution in [1.82, 2.24) is 20.5 Å². The lowest BCUT2D eigenvalue weighted by molar-refractivity contribution is -0.122. The highest BCUT2D eigenvalue weighted by molar-refractivity contribution is 6.10. The first-order valence-electron chi connectivity index (χ1n) is 10.9. The standard InChI is InChI=1S/C24H21N5O6/c1-35-18-6-7-19(29-12-15(30)10-20(29)31)25-17(18)8-9-24(22(33)26-23(34)27-24)13-28-11-14-4-2-3-5-16(14)21(28)32/h2-7,15,30H,10-13H2,1H3,(H2,26,27,33,34)/t15-,24+/m0/s1. The van der Waals surface area contributed by atoms with Gasteiger partial charge in [-0.25, -0.2) is 9.78 Å². The van der Waals surface area contributed by atoms with Crippen molar-refractivity contribution in [1.29, 1.82) is 0 Å². The van der Waals surface area contributed by atoms with Gasteiger partial charge in [-0.2, -0.15) is 0 Å². The zero-order valence-electron chi connectivity index (χ0n) is 18.7. The maximum absolute atomic E-state index is 12.9. The molecule has 5 amide bonds. The van der Waals surface area contributed by atoms with E-state index in [1.165, 1.54) is 16.9 Å². The van der Waals surface area contributed by atoms with Crippen LogP contribution in [0, 0.1) is 11.8 Å². The van der Waals surface area contributed by atoms with E-state index in [2.05, 4.69) is 27.5 Å². The second kappa shape index (κ2) is 8.41. The fourth-order valence-electron chi connectivity index (χ4n) is 4.38. The minimum absolute atomic E-state index is 0.00368. The maximum atomic E-state index is 12.9.